The molecule has 1 N–H and O–H groups in total. The predicted octanol–water partition coefficient (Wildman–Crippen LogP) is 1.40. The lowest BCUT2D eigenvalue weighted by atomic mass is 10.2. The van der Waals surface area contributed by atoms with Crippen molar-refractivity contribution in [3.05, 3.63) is 0 Å². The van der Waals surface area contributed by atoms with Gasteiger partial charge in [0.25, 0.3) is 0 Å². The molecular weight excluding hydrogens is 198 g/mol. The maximum atomic E-state index is 3.60. The molecule has 96 valence electrons. The molecule has 1 heterocycles. The van der Waals surface area contributed by atoms with Crippen molar-refractivity contribution in [2.75, 3.05) is 39.8 Å². The topological polar surface area (TPSA) is 18.5 Å². The van der Waals surface area contributed by atoms with Crippen molar-refractivity contribution in [1.82, 2.24) is 15.1 Å². The van der Waals surface area contributed by atoms with Crippen LogP contribution in [-0.2, 0) is 0 Å². The first-order valence-electron chi connectivity index (χ1n) is 6.79. The zero-order chi connectivity index (χ0) is 12.0. The van der Waals surface area contributed by atoms with Crippen LogP contribution >= 0.6 is 0 Å². The van der Waals surface area contributed by atoms with Crippen LogP contribution in [0.15, 0.2) is 0 Å². The second kappa shape index (κ2) is 7.25. The summed E-state index contributed by atoms with van der Waals surface area (Å²) in [6.07, 6.45) is 2.57. The number of rotatable bonds is 6. The van der Waals surface area contributed by atoms with Crippen LogP contribution in [0.1, 0.15) is 33.6 Å². The summed E-state index contributed by atoms with van der Waals surface area (Å²) in [4.78, 5) is 5.03. The summed E-state index contributed by atoms with van der Waals surface area (Å²) < 4.78 is 0. The Morgan fingerprint density at radius 3 is 2.75 bits per heavy atom. The Labute approximate surface area is 101 Å². The van der Waals surface area contributed by atoms with Crippen LogP contribution in [0, 0.1) is 0 Å². The van der Waals surface area contributed by atoms with E-state index >= 15 is 0 Å². The van der Waals surface area contributed by atoms with Gasteiger partial charge in [0.15, 0.2) is 0 Å². The Hall–Kier alpha value is -0.120. The minimum absolute atomic E-state index is 0.676. The molecule has 2 unspecified atom stereocenters. The quantitative estimate of drug-likeness (QED) is 0.740. The van der Waals surface area contributed by atoms with Crippen LogP contribution < -0.4 is 5.32 Å². The summed E-state index contributed by atoms with van der Waals surface area (Å²) in [5.74, 6) is 0. The molecule has 0 radical (unpaired) electrons. The SMILES string of the molecule is CCCC(C)NCCN1CCN(C)C(C)C1. The first kappa shape index (κ1) is 13.9. The van der Waals surface area contributed by atoms with Gasteiger partial charge in [-0.25, -0.2) is 0 Å². The molecule has 0 saturated carbocycles. The highest BCUT2D eigenvalue weighted by molar-refractivity contribution is 4.77. The molecule has 0 bridgehead atoms. The normalized spacial score (nSPS) is 25.9. The molecule has 1 saturated heterocycles. The Morgan fingerprint density at radius 1 is 1.38 bits per heavy atom. The fraction of sp³-hybridized carbons (Fsp3) is 1.00. The van der Waals surface area contributed by atoms with E-state index in [2.05, 4.69) is 42.9 Å². The largest absolute Gasteiger partial charge is 0.313 e. The molecule has 1 fully saturated rings. The number of nitrogens with one attached hydrogen (secondary N) is 1. The first-order chi connectivity index (χ1) is 7.63. The molecule has 3 nitrogen and oxygen atoms in total. The van der Waals surface area contributed by atoms with Crippen molar-refractivity contribution in [1.29, 1.82) is 0 Å². The summed E-state index contributed by atoms with van der Waals surface area (Å²) in [5, 5.41) is 3.60. The molecule has 1 aliphatic heterocycles. The Morgan fingerprint density at radius 2 is 2.12 bits per heavy atom. The maximum Gasteiger partial charge on any atom is 0.0192 e. The fourth-order valence-electron chi connectivity index (χ4n) is 2.33. The summed E-state index contributed by atoms with van der Waals surface area (Å²) in [7, 11) is 2.23. The van der Waals surface area contributed by atoms with Gasteiger partial charge >= 0.3 is 0 Å². The van der Waals surface area contributed by atoms with Crippen LogP contribution in [-0.4, -0.2) is 61.7 Å². The molecular formula is C13H29N3. The van der Waals surface area contributed by atoms with Crippen molar-refractivity contribution in [2.45, 2.75) is 45.7 Å². The van der Waals surface area contributed by atoms with Crippen LogP contribution in [0.5, 0.6) is 0 Å². The Kier molecular flexibility index (Phi) is 6.32. The number of likely N-dealkylation sites (N-methyl/N-ethyl adjacent to an activating group) is 1. The lowest BCUT2D eigenvalue weighted by Gasteiger charge is -2.37. The van der Waals surface area contributed by atoms with E-state index in [4.69, 9.17) is 0 Å². The molecule has 3 heteroatoms. The standard InChI is InChI=1S/C13H29N3/c1-5-6-12(2)14-7-8-16-10-9-15(4)13(3)11-16/h12-14H,5-11H2,1-4H3. The monoisotopic (exact) mass is 227 g/mol. The van der Waals surface area contributed by atoms with Crippen LogP contribution in [0.4, 0.5) is 0 Å². The second-order valence-corrected chi connectivity index (χ2v) is 5.27. The molecule has 1 rings (SSSR count). The molecule has 1 aliphatic rings. The number of hydrogen-bond donors (Lipinski definition) is 1. The molecule has 0 aromatic heterocycles. The highest BCUT2D eigenvalue weighted by atomic mass is 15.3. The van der Waals surface area contributed by atoms with E-state index in [0.717, 1.165) is 6.54 Å². The van der Waals surface area contributed by atoms with E-state index in [1.807, 2.05) is 0 Å². The van der Waals surface area contributed by atoms with Crippen LogP contribution in [0.3, 0.4) is 0 Å². The summed E-state index contributed by atoms with van der Waals surface area (Å²) in [5.41, 5.74) is 0. The lowest BCUT2D eigenvalue weighted by molar-refractivity contribution is 0.105. The first-order valence-corrected chi connectivity index (χ1v) is 6.79. The zero-order valence-electron chi connectivity index (χ0n) is 11.5. The van der Waals surface area contributed by atoms with Gasteiger partial charge in [0.1, 0.15) is 0 Å². The third-order valence-electron chi connectivity index (χ3n) is 3.69. The molecule has 0 spiro atoms. The second-order valence-electron chi connectivity index (χ2n) is 5.27. The summed E-state index contributed by atoms with van der Waals surface area (Å²) in [6.45, 7) is 12.9. The van der Waals surface area contributed by atoms with Gasteiger partial charge in [-0.3, -0.25) is 4.90 Å². The third kappa shape index (κ3) is 4.81. The van der Waals surface area contributed by atoms with Crippen LogP contribution in [0.25, 0.3) is 0 Å². The van der Waals surface area contributed by atoms with Crippen molar-refractivity contribution >= 4 is 0 Å². The molecule has 2 atom stereocenters. The summed E-state index contributed by atoms with van der Waals surface area (Å²) in [6, 6.07) is 1.39. The molecule has 0 aromatic carbocycles. The van der Waals surface area contributed by atoms with E-state index in [-0.39, 0.29) is 0 Å². The third-order valence-corrected chi connectivity index (χ3v) is 3.69. The van der Waals surface area contributed by atoms with E-state index in [1.165, 1.54) is 39.0 Å². The number of hydrogen-bond acceptors (Lipinski definition) is 3. The van der Waals surface area contributed by atoms with Crippen molar-refractivity contribution in [2.24, 2.45) is 0 Å². The van der Waals surface area contributed by atoms with E-state index in [1.54, 1.807) is 0 Å². The molecule has 0 aromatic rings. The van der Waals surface area contributed by atoms with Crippen molar-refractivity contribution in [3.63, 3.8) is 0 Å². The zero-order valence-corrected chi connectivity index (χ0v) is 11.5. The van der Waals surface area contributed by atoms with Gasteiger partial charge in [-0.05, 0) is 27.3 Å². The fourth-order valence-corrected chi connectivity index (χ4v) is 2.33. The lowest BCUT2D eigenvalue weighted by Crippen LogP contribution is -2.51. The number of nitrogens with zero attached hydrogens (tertiary/aromatic N) is 2. The van der Waals surface area contributed by atoms with Gasteiger partial charge in [-0.1, -0.05) is 13.3 Å². The van der Waals surface area contributed by atoms with Crippen molar-refractivity contribution in [3.8, 4) is 0 Å². The molecule has 16 heavy (non-hydrogen) atoms. The average molecular weight is 227 g/mol. The number of piperazine rings is 1. The van der Waals surface area contributed by atoms with Crippen molar-refractivity contribution < 1.29 is 0 Å². The van der Waals surface area contributed by atoms with Gasteiger partial charge in [0, 0.05) is 44.8 Å². The van der Waals surface area contributed by atoms with Gasteiger partial charge in [0.05, 0.1) is 0 Å². The van der Waals surface area contributed by atoms with Gasteiger partial charge in [0.2, 0.25) is 0 Å². The van der Waals surface area contributed by atoms with Gasteiger partial charge < -0.3 is 10.2 Å². The highest BCUT2D eigenvalue weighted by Crippen LogP contribution is 2.05. The van der Waals surface area contributed by atoms with E-state index in [0.29, 0.717) is 12.1 Å². The summed E-state index contributed by atoms with van der Waals surface area (Å²) >= 11 is 0. The predicted molar refractivity (Wildman–Crippen MR) is 70.9 cm³/mol. The van der Waals surface area contributed by atoms with Crippen LogP contribution in [0.2, 0.25) is 0 Å². The molecule has 0 amide bonds. The minimum Gasteiger partial charge on any atom is -0.313 e. The Balaban J connectivity index is 2.09. The van der Waals surface area contributed by atoms with Gasteiger partial charge in [-0.15, -0.1) is 0 Å². The highest BCUT2D eigenvalue weighted by Gasteiger charge is 2.19. The van der Waals surface area contributed by atoms with E-state index in [9.17, 15) is 0 Å². The van der Waals surface area contributed by atoms with Gasteiger partial charge in [-0.2, -0.15) is 0 Å². The maximum absolute atomic E-state index is 3.60. The smallest absolute Gasteiger partial charge is 0.0192 e. The molecule has 0 aliphatic carbocycles. The Bertz CT molecular complexity index is 184. The van der Waals surface area contributed by atoms with E-state index < -0.39 is 0 Å². The average Bonchev–Trinajstić information content (AvgIpc) is 2.24. The minimum atomic E-state index is 0.676.